The standard InChI is InChI=1S/C7H12O2/c8-3-5-4-1-2-6(9)7(4)5/h4-9H,1-3H2/t4-,5-,6?,7-/m0/s1. The number of hydrogen-bond donors (Lipinski definition) is 2. The van der Waals surface area contributed by atoms with E-state index in [-0.39, 0.29) is 12.7 Å². The van der Waals surface area contributed by atoms with Crippen LogP contribution in [0.1, 0.15) is 12.8 Å². The van der Waals surface area contributed by atoms with Crippen LogP contribution >= 0.6 is 0 Å². The Morgan fingerprint density at radius 2 is 2.11 bits per heavy atom. The van der Waals surface area contributed by atoms with Crippen molar-refractivity contribution in [2.24, 2.45) is 17.8 Å². The van der Waals surface area contributed by atoms with Gasteiger partial charge in [-0.15, -0.1) is 0 Å². The number of aliphatic hydroxyl groups is 2. The summed E-state index contributed by atoms with van der Waals surface area (Å²) >= 11 is 0. The lowest BCUT2D eigenvalue weighted by atomic mass is 10.1. The van der Waals surface area contributed by atoms with Gasteiger partial charge in [0.2, 0.25) is 0 Å². The molecule has 2 fully saturated rings. The summed E-state index contributed by atoms with van der Waals surface area (Å²) in [4.78, 5) is 0. The molecule has 2 aliphatic carbocycles. The van der Waals surface area contributed by atoms with Crippen LogP contribution < -0.4 is 0 Å². The van der Waals surface area contributed by atoms with E-state index in [9.17, 15) is 5.11 Å². The number of aliphatic hydroxyl groups excluding tert-OH is 2. The maximum atomic E-state index is 9.23. The average Bonchev–Trinajstić information content (AvgIpc) is 2.46. The Morgan fingerprint density at radius 1 is 1.33 bits per heavy atom. The molecular weight excluding hydrogens is 116 g/mol. The van der Waals surface area contributed by atoms with Crippen molar-refractivity contribution < 1.29 is 10.2 Å². The van der Waals surface area contributed by atoms with E-state index in [1.165, 1.54) is 0 Å². The van der Waals surface area contributed by atoms with Crippen molar-refractivity contribution in [1.29, 1.82) is 0 Å². The molecule has 0 aromatic carbocycles. The van der Waals surface area contributed by atoms with Gasteiger partial charge in [0.05, 0.1) is 6.10 Å². The molecule has 0 bridgehead atoms. The zero-order valence-electron chi connectivity index (χ0n) is 5.33. The van der Waals surface area contributed by atoms with E-state index in [0.717, 1.165) is 12.8 Å². The minimum Gasteiger partial charge on any atom is -0.396 e. The van der Waals surface area contributed by atoms with E-state index >= 15 is 0 Å². The van der Waals surface area contributed by atoms with Crippen LogP contribution in [0.5, 0.6) is 0 Å². The molecule has 0 saturated heterocycles. The lowest BCUT2D eigenvalue weighted by molar-refractivity contribution is 0.137. The molecule has 4 atom stereocenters. The fraction of sp³-hybridized carbons (Fsp3) is 1.00. The van der Waals surface area contributed by atoms with Crippen LogP contribution in [-0.2, 0) is 0 Å². The second kappa shape index (κ2) is 1.70. The smallest absolute Gasteiger partial charge is 0.0574 e. The predicted octanol–water partition coefficient (Wildman–Crippen LogP) is -0.00440. The fourth-order valence-electron chi connectivity index (χ4n) is 2.26. The van der Waals surface area contributed by atoms with Gasteiger partial charge >= 0.3 is 0 Å². The molecule has 0 aromatic rings. The fourth-order valence-corrected chi connectivity index (χ4v) is 2.26. The minimum absolute atomic E-state index is 0.0906. The van der Waals surface area contributed by atoms with Gasteiger partial charge in [0, 0.05) is 6.61 Å². The molecule has 2 heteroatoms. The van der Waals surface area contributed by atoms with Gasteiger partial charge in [-0.2, -0.15) is 0 Å². The van der Waals surface area contributed by atoms with Crippen LogP contribution in [0.2, 0.25) is 0 Å². The SMILES string of the molecule is OC[C@H]1[C@@H]2CCC(O)[C@H]12. The van der Waals surface area contributed by atoms with Crippen molar-refractivity contribution in [2.75, 3.05) is 6.61 Å². The van der Waals surface area contributed by atoms with E-state index in [0.29, 0.717) is 17.8 Å². The predicted molar refractivity (Wildman–Crippen MR) is 32.8 cm³/mol. The summed E-state index contributed by atoms with van der Waals surface area (Å²) in [5, 5.41) is 17.9. The van der Waals surface area contributed by atoms with Gasteiger partial charge in [0.15, 0.2) is 0 Å². The second-order valence-corrected chi connectivity index (χ2v) is 3.23. The Bertz CT molecular complexity index is 120. The first kappa shape index (κ1) is 5.69. The van der Waals surface area contributed by atoms with Crippen molar-refractivity contribution in [3.05, 3.63) is 0 Å². The molecular formula is C7H12O2. The maximum absolute atomic E-state index is 9.23. The molecule has 2 saturated carbocycles. The van der Waals surface area contributed by atoms with Gasteiger partial charge < -0.3 is 10.2 Å². The Labute approximate surface area is 54.5 Å². The van der Waals surface area contributed by atoms with Crippen molar-refractivity contribution in [1.82, 2.24) is 0 Å². The lowest BCUT2D eigenvalue weighted by Gasteiger charge is -2.03. The molecule has 2 aliphatic rings. The normalized spacial score (nSPS) is 55.3. The molecule has 0 heterocycles. The van der Waals surface area contributed by atoms with Gasteiger partial charge in [-0.25, -0.2) is 0 Å². The second-order valence-electron chi connectivity index (χ2n) is 3.23. The minimum atomic E-state index is -0.0906. The summed E-state index contributed by atoms with van der Waals surface area (Å²) < 4.78 is 0. The van der Waals surface area contributed by atoms with Crippen LogP contribution in [0.4, 0.5) is 0 Å². The van der Waals surface area contributed by atoms with Gasteiger partial charge in [-0.1, -0.05) is 0 Å². The van der Waals surface area contributed by atoms with Crippen LogP contribution in [0.3, 0.4) is 0 Å². The molecule has 0 aromatic heterocycles. The highest BCUT2D eigenvalue weighted by molar-refractivity contribution is 5.05. The summed E-state index contributed by atoms with van der Waals surface area (Å²) in [6.45, 7) is 0.284. The molecule has 0 spiro atoms. The number of rotatable bonds is 1. The third-order valence-corrected chi connectivity index (χ3v) is 2.85. The van der Waals surface area contributed by atoms with Crippen molar-refractivity contribution in [3.63, 3.8) is 0 Å². The van der Waals surface area contributed by atoms with E-state index in [4.69, 9.17) is 5.11 Å². The van der Waals surface area contributed by atoms with E-state index in [1.54, 1.807) is 0 Å². The molecule has 2 rings (SSSR count). The molecule has 1 unspecified atom stereocenters. The molecule has 52 valence electrons. The van der Waals surface area contributed by atoms with Crippen molar-refractivity contribution in [3.8, 4) is 0 Å². The first-order valence-corrected chi connectivity index (χ1v) is 3.63. The first-order valence-electron chi connectivity index (χ1n) is 3.63. The molecule has 0 aliphatic heterocycles. The average molecular weight is 128 g/mol. The molecule has 0 radical (unpaired) electrons. The van der Waals surface area contributed by atoms with E-state index < -0.39 is 0 Å². The van der Waals surface area contributed by atoms with Gasteiger partial charge in [0.1, 0.15) is 0 Å². The van der Waals surface area contributed by atoms with Crippen molar-refractivity contribution in [2.45, 2.75) is 18.9 Å². The summed E-state index contributed by atoms with van der Waals surface area (Å²) in [6, 6.07) is 0. The van der Waals surface area contributed by atoms with Crippen LogP contribution in [0, 0.1) is 17.8 Å². The van der Waals surface area contributed by atoms with Crippen LogP contribution in [-0.4, -0.2) is 22.9 Å². The zero-order chi connectivity index (χ0) is 6.43. The Morgan fingerprint density at radius 3 is 2.44 bits per heavy atom. The quantitative estimate of drug-likeness (QED) is 0.521. The highest BCUT2D eigenvalue weighted by Gasteiger charge is 2.56. The molecule has 9 heavy (non-hydrogen) atoms. The zero-order valence-corrected chi connectivity index (χ0v) is 5.33. The summed E-state index contributed by atoms with van der Waals surface area (Å²) in [5.41, 5.74) is 0. The van der Waals surface area contributed by atoms with Gasteiger partial charge in [0.25, 0.3) is 0 Å². The van der Waals surface area contributed by atoms with Gasteiger partial charge in [-0.05, 0) is 30.6 Å². The summed E-state index contributed by atoms with van der Waals surface area (Å²) in [6.07, 6.45) is 2.01. The number of fused-ring (bicyclic) bond motifs is 1. The van der Waals surface area contributed by atoms with E-state index in [1.807, 2.05) is 0 Å². The summed E-state index contributed by atoms with van der Waals surface area (Å²) in [7, 11) is 0. The lowest BCUT2D eigenvalue weighted by Crippen LogP contribution is -2.08. The monoisotopic (exact) mass is 128 g/mol. The topological polar surface area (TPSA) is 40.5 Å². The first-order chi connectivity index (χ1) is 4.34. The highest BCUT2D eigenvalue weighted by Crippen LogP contribution is 2.56. The van der Waals surface area contributed by atoms with Crippen molar-refractivity contribution >= 4 is 0 Å². The molecule has 2 N–H and O–H groups in total. The Balaban J connectivity index is 1.98. The third-order valence-electron chi connectivity index (χ3n) is 2.85. The highest BCUT2D eigenvalue weighted by atomic mass is 16.3. The Hall–Kier alpha value is -0.0800. The summed E-state index contributed by atoms with van der Waals surface area (Å²) in [5.74, 6) is 1.59. The van der Waals surface area contributed by atoms with E-state index in [2.05, 4.69) is 0 Å². The van der Waals surface area contributed by atoms with Gasteiger partial charge in [-0.3, -0.25) is 0 Å². The molecule has 0 amide bonds. The number of hydrogen-bond acceptors (Lipinski definition) is 2. The molecule has 2 nitrogen and oxygen atoms in total. The largest absolute Gasteiger partial charge is 0.396 e. The Kier molecular flexibility index (Phi) is 1.08. The van der Waals surface area contributed by atoms with Crippen LogP contribution in [0.15, 0.2) is 0 Å². The maximum Gasteiger partial charge on any atom is 0.0574 e. The third kappa shape index (κ3) is 0.634. The van der Waals surface area contributed by atoms with Crippen LogP contribution in [0.25, 0.3) is 0 Å².